The van der Waals surface area contributed by atoms with E-state index in [-0.39, 0.29) is 25.0 Å². The van der Waals surface area contributed by atoms with Gasteiger partial charge in [-0.05, 0) is 61.6 Å². The number of amides is 1. The average molecular weight is 624 g/mol. The van der Waals surface area contributed by atoms with E-state index in [0.717, 1.165) is 40.6 Å². The van der Waals surface area contributed by atoms with Crippen LogP contribution in [0.15, 0.2) is 59.8 Å². The maximum atomic E-state index is 13.5. The SMILES string of the molecule is CC1=C(C(=O)OCc2ccc(OCCCI)cc2)[C@H](c2ccc(Cl)cc2)CC(=O)N1C[C@H]1CCCO1. The highest BCUT2D eigenvalue weighted by molar-refractivity contribution is 14.1. The quantitative estimate of drug-likeness (QED) is 0.139. The first kappa shape index (κ1) is 26.9. The van der Waals surface area contributed by atoms with Gasteiger partial charge in [-0.25, -0.2) is 4.79 Å². The predicted octanol–water partition coefficient (Wildman–Crippen LogP) is 6.06. The third-order valence-corrected chi connectivity index (χ3v) is 7.58. The summed E-state index contributed by atoms with van der Waals surface area (Å²) in [6.45, 7) is 3.80. The minimum Gasteiger partial charge on any atom is -0.494 e. The highest BCUT2D eigenvalue weighted by atomic mass is 127. The van der Waals surface area contributed by atoms with Gasteiger partial charge in [-0.1, -0.05) is 58.5 Å². The van der Waals surface area contributed by atoms with Crippen LogP contribution in [-0.2, 0) is 25.7 Å². The van der Waals surface area contributed by atoms with Gasteiger partial charge < -0.3 is 19.1 Å². The molecule has 2 aromatic rings. The van der Waals surface area contributed by atoms with Crippen molar-refractivity contribution < 1.29 is 23.8 Å². The summed E-state index contributed by atoms with van der Waals surface area (Å²) in [5.41, 5.74) is 2.87. The van der Waals surface area contributed by atoms with Gasteiger partial charge in [0.15, 0.2) is 0 Å². The van der Waals surface area contributed by atoms with Crippen molar-refractivity contribution >= 4 is 46.1 Å². The van der Waals surface area contributed by atoms with Crippen LogP contribution in [0.2, 0.25) is 5.02 Å². The van der Waals surface area contributed by atoms with Crippen molar-refractivity contribution in [3.8, 4) is 5.75 Å². The first-order valence-electron chi connectivity index (χ1n) is 12.3. The van der Waals surface area contributed by atoms with Crippen molar-refractivity contribution in [1.29, 1.82) is 0 Å². The monoisotopic (exact) mass is 623 g/mol. The number of nitrogens with zero attached hydrogens (tertiary/aromatic N) is 1. The lowest BCUT2D eigenvalue weighted by molar-refractivity contribution is -0.141. The largest absolute Gasteiger partial charge is 0.494 e. The molecule has 8 heteroatoms. The molecule has 4 rings (SSSR count). The van der Waals surface area contributed by atoms with Crippen molar-refractivity contribution in [3.63, 3.8) is 0 Å². The lowest BCUT2D eigenvalue weighted by Crippen LogP contribution is -2.42. The van der Waals surface area contributed by atoms with Crippen LogP contribution >= 0.6 is 34.2 Å². The number of rotatable bonds is 10. The Morgan fingerprint density at radius 2 is 1.92 bits per heavy atom. The smallest absolute Gasteiger partial charge is 0.336 e. The second-order valence-corrected chi connectivity index (χ2v) is 10.6. The normalized spacial score (nSPS) is 20.1. The first-order chi connectivity index (χ1) is 17.5. The van der Waals surface area contributed by atoms with E-state index in [1.54, 1.807) is 17.0 Å². The van der Waals surface area contributed by atoms with E-state index < -0.39 is 11.9 Å². The Bertz CT molecular complexity index is 1080. The molecule has 1 amide bonds. The first-order valence-corrected chi connectivity index (χ1v) is 14.2. The lowest BCUT2D eigenvalue weighted by atomic mass is 9.83. The van der Waals surface area contributed by atoms with Gasteiger partial charge in [0.25, 0.3) is 0 Å². The van der Waals surface area contributed by atoms with Crippen LogP contribution in [0, 0.1) is 0 Å². The number of hydrogen-bond acceptors (Lipinski definition) is 5. The molecule has 1 saturated heterocycles. The zero-order valence-corrected chi connectivity index (χ0v) is 23.3. The molecular weight excluding hydrogens is 593 g/mol. The van der Waals surface area contributed by atoms with Gasteiger partial charge in [0, 0.05) is 34.1 Å². The molecule has 0 radical (unpaired) electrons. The van der Waals surface area contributed by atoms with Crippen LogP contribution in [0.1, 0.15) is 49.7 Å². The summed E-state index contributed by atoms with van der Waals surface area (Å²) in [6, 6.07) is 14.9. The summed E-state index contributed by atoms with van der Waals surface area (Å²) in [5, 5.41) is 0.604. The minimum atomic E-state index is -0.417. The molecule has 2 aliphatic heterocycles. The van der Waals surface area contributed by atoms with Gasteiger partial charge in [-0.3, -0.25) is 4.79 Å². The van der Waals surface area contributed by atoms with Crippen LogP contribution in [0.4, 0.5) is 0 Å². The van der Waals surface area contributed by atoms with E-state index in [1.807, 2.05) is 43.3 Å². The number of benzene rings is 2. The van der Waals surface area contributed by atoms with E-state index in [0.29, 0.717) is 36.1 Å². The van der Waals surface area contributed by atoms with Gasteiger partial charge in [0.05, 0.1) is 24.8 Å². The van der Waals surface area contributed by atoms with Gasteiger partial charge >= 0.3 is 5.97 Å². The summed E-state index contributed by atoms with van der Waals surface area (Å²) < 4.78 is 18.3. The van der Waals surface area contributed by atoms with Crippen molar-refractivity contribution in [3.05, 3.63) is 76.0 Å². The van der Waals surface area contributed by atoms with Crippen LogP contribution in [-0.4, -0.2) is 47.1 Å². The third kappa shape index (κ3) is 6.81. The zero-order valence-electron chi connectivity index (χ0n) is 20.4. The highest BCUT2D eigenvalue weighted by Crippen LogP contribution is 2.38. The Kier molecular flexibility index (Phi) is 9.67. The molecule has 2 aliphatic rings. The number of allylic oxidation sites excluding steroid dienone is 1. The van der Waals surface area contributed by atoms with E-state index in [9.17, 15) is 9.59 Å². The van der Waals surface area contributed by atoms with Crippen LogP contribution in [0.3, 0.4) is 0 Å². The Balaban J connectivity index is 1.52. The zero-order chi connectivity index (χ0) is 25.5. The predicted molar refractivity (Wildman–Crippen MR) is 147 cm³/mol. The molecule has 0 bridgehead atoms. The number of carbonyl (C=O) groups excluding carboxylic acids is 2. The molecular formula is C28H31ClINO5. The standard InChI is InChI=1S/C28H31ClINO5/c1-19-27(28(33)36-18-20-5-11-23(12-6-20)34-15-3-13-30)25(21-7-9-22(29)10-8-21)16-26(32)31(19)17-24-4-2-14-35-24/h5-12,24-25H,2-4,13-18H2,1H3/t24-,25+/m1/s1. The van der Waals surface area contributed by atoms with Crippen LogP contribution in [0.5, 0.6) is 5.75 Å². The van der Waals surface area contributed by atoms with Crippen molar-refractivity contribution in [2.24, 2.45) is 0 Å². The number of esters is 1. The van der Waals surface area contributed by atoms with Gasteiger partial charge in [0.1, 0.15) is 12.4 Å². The molecule has 0 saturated carbocycles. The second kappa shape index (κ2) is 12.9. The molecule has 2 atom stereocenters. The minimum absolute atomic E-state index is 0.00846. The maximum absolute atomic E-state index is 13.5. The number of halogens is 2. The fourth-order valence-corrected chi connectivity index (χ4v) is 5.06. The van der Waals surface area contributed by atoms with Crippen LogP contribution < -0.4 is 4.74 Å². The highest BCUT2D eigenvalue weighted by Gasteiger charge is 2.38. The maximum Gasteiger partial charge on any atom is 0.336 e. The Morgan fingerprint density at radius 3 is 2.58 bits per heavy atom. The van der Waals surface area contributed by atoms with Crippen LogP contribution in [0.25, 0.3) is 0 Å². The van der Waals surface area contributed by atoms with Crippen molar-refractivity contribution in [2.45, 2.75) is 51.2 Å². The molecule has 0 N–H and O–H groups in total. The second-order valence-electron chi connectivity index (χ2n) is 9.06. The Morgan fingerprint density at radius 1 is 1.17 bits per heavy atom. The van der Waals surface area contributed by atoms with Gasteiger partial charge in [0.2, 0.25) is 5.91 Å². The van der Waals surface area contributed by atoms with E-state index >= 15 is 0 Å². The molecule has 0 unspecified atom stereocenters. The average Bonchev–Trinajstić information content (AvgIpc) is 3.39. The fourth-order valence-electron chi connectivity index (χ4n) is 4.62. The van der Waals surface area contributed by atoms with Crippen molar-refractivity contribution in [1.82, 2.24) is 4.90 Å². The molecule has 192 valence electrons. The summed E-state index contributed by atoms with van der Waals surface area (Å²) in [7, 11) is 0. The summed E-state index contributed by atoms with van der Waals surface area (Å²) in [6.07, 6.45) is 3.08. The molecule has 1 fully saturated rings. The van der Waals surface area contributed by atoms with E-state index in [1.165, 1.54) is 0 Å². The van der Waals surface area contributed by atoms with Gasteiger partial charge in [-0.15, -0.1) is 0 Å². The molecule has 6 nitrogen and oxygen atoms in total. The molecule has 0 aromatic heterocycles. The number of alkyl halides is 1. The summed E-state index contributed by atoms with van der Waals surface area (Å²) in [5.74, 6) is -0.0270. The van der Waals surface area contributed by atoms with E-state index in [2.05, 4.69) is 22.6 Å². The number of hydrogen-bond donors (Lipinski definition) is 0. The molecule has 2 aromatic carbocycles. The Labute approximate surface area is 231 Å². The third-order valence-electron chi connectivity index (χ3n) is 6.57. The van der Waals surface area contributed by atoms with E-state index in [4.69, 9.17) is 25.8 Å². The molecule has 36 heavy (non-hydrogen) atoms. The molecule has 2 heterocycles. The number of ether oxygens (including phenoxy) is 3. The Hall–Kier alpha value is -2.10. The van der Waals surface area contributed by atoms with Gasteiger partial charge in [-0.2, -0.15) is 0 Å². The number of carbonyl (C=O) groups is 2. The fraction of sp³-hybridized carbons (Fsp3) is 0.429. The lowest BCUT2D eigenvalue weighted by Gasteiger charge is -2.35. The summed E-state index contributed by atoms with van der Waals surface area (Å²) in [4.78, 5) is 28.3. The van der Waals surface area contributed by atoms with Crippen molar-refractivity contribution in [2.75, 3.05) is 24.2 Å². The molecule has 0 aliphatic carbocycles. The topological polar surface area (TPSA) is 65.1 Å². The molecule has 0 spiro atoms. The summed E-state index contributed by atoms with van der Waals surface area (Å²) >= 11 is 8.41.